The third kappa shape index (κ3) is 4.75. The molecule has 8 nitrogen and oxygen atoms in total. The van der Waals surface area contributed by atoms with Crippen LogP contribution in [0.1, 0.15) is 23.0 Å². The molecule has 132 valence electrons. The number of halogens is 1. The Morgan fingerprint density at radius 3 is 2.79 bits per heavy atom. The van der Waals surface area contributed by atoms with E-state index in [0.717, 1.165) is 11.3 Å². The Labute approximate surface area is 147 Å². The molecule has 2 heterocycles. The second-order valence-electron chi connectivity index (χ2n) is 5.23. The predicted molar refractivity (Wildman–Crippen MR) is 88.7 cm³/mol. The molecule has 1 saturated heterocycles. The minimum Gasteiger partial charge on any atom is -0.465 e. The zero-order valence-corrected chi connectivity index (χ0v) is 14.5. The Balaban J connectivity index is 1.92. The van der Waals surface area contributed by atoms with Crippen molar-refractivity contribution in [3.8, 4) is 0 Å². The average Bonchev–Trinajstić information content (AvgIpc) is 3.12. The molecule has 0 aliphatic carbocycles. The first-order valence-corrected chi connectivity index (χ1v) is 8.56. The fourth-order valence-corrected chi connectivity index (χ4v) is 3.42. The number of ether oxygens (including phenoxy) is 1. The van der Waals surface area contributed by atoms with E-state index in [0.29, 0.717) is 22.2 Å². The summed E-state index contributed by atoms with van der Waals surface area (Å²) in [5, 5.41) is 14.5. The predicted octanol–water partition coefficient (Wildman–Crippen LogP) is 2.00. The molecule has 10 heteroatoms. The van der Waals surface area contributed by atoms with Crippen LogP contribution < -0.4 is 10.6 Å². The van der Waals surface area contributed by atoms with Gasteiger partial charge in [0.2, 0.25) is 0 Å². The fraction of sp³-hybridized carbons (Fsp3) is 0.500. The number of hydrogen-bond donors (Lipinski definition) is 3. The molecule has 24 heavy (non-hydrogen) atoms. The van der Waals surface area contributed by atoms with Crippen molar-refractivity contribution in [1.29, 1.82) is 0 Å². The van der Waals surface area contributed by atoms with Crippen molar-refractivity contribution in [2.45, 2.75) is 25.4 Å². The summed E-state index contributed by atoms with van der Waals surface area (Å²) in [6, 6.07) is 2.39. The fourth-order valence-electron chi connectivity index (χ4n) is 2.47. The number of carbonyl (C=O) groups excluding carboxylic acids is 2. The van der Waals surface area contributed by atoms with Crippen molar-refractivity contribution in [2.24, 2.45) is 0 Å². The maximum Gasteiger partial charge on any atom is 0.407 e. The quantitative estimate of drug-likeness (QED) is 0.729. The molecule has 1 aromatic rings. The molecular formula is C14H18ClN3O5S. The number of thiophene rings is 1. The summed E-state index contributed by atoms with van der Waals surface area (Å²) >= 11 is 6.96. The Hall–Kier alpha value is -2.00. The van der Waals surface area contributed by atoms with E-state index in [1.807, 2.05) is 0 Å². The second-order valence-corrected chi connectivity index (χ2v) is 6.94. The summed E-state index contributed by atoms with van der Waals surface area (Å²) < 4.78 is 5.51. The number of alkyl carbamates (subject to hydrolysis) is 1. The van der Waals surface area contributed by atoms with Crippen LogP contribution in [0.3, 0.4) is 0 Å². The number of hydrogen-bond acceptors (Lipinski definition) is 5. The van der Waals surface area contributed by atoms with Crippen molar-refractivity contribution in [3.05, 3.63) is 21.3 Å². The topological polar surface area (TPSA) is 108 Å². The van der Waals surface area contributed by atoms with Crippen LogP contribution in [-0.4, -0.2) is 59.9 Å². The standard InChI is InChI=1S/C14H18ClN3O5S/c1-2-16-13(20)23-7-9-5-8(6-18(9)14(21)22)17-12(19)10-3-4-11(15)24-10/h3-4,8-9H,2,5-7H2,1H3,(H,16,20)(H,17,19)(H,21,22)/t8-,9+/m1/s1. The highest BCUT2D eigenvalue weighted by Gasteiger charge is 2.37. The monoisotopic (exact) mass is 375 g/mol. The normalized spacial score (nSPS) is 19.8. The second kappa shape index (κ2) is 8.20. The number of nitrogens with zero attached hydrogens (tertiary/aromatic N) is 1. The molecule has 3 N–H and O–H groups in total. The lowest BCUT2D eigenvalue weighted by Gasteiger charge is -2.20. The molecular weight excluding hydrogens is 358 g/mol. The Kier molecular flexibility index (Phi) is 6.27. The first-order valence-electron chi connectivity index (χ1n) is 7.37. The minimum absolute atomic E-state index is 0.0602. The highest BCUT2D eigenvalue weighted by Crippen LogP contribution is 2.23. The third-order valence-corrected chi connectivity index (χ3v) is 4.75. The van der Waals surface area contributed by atoms with Crippen molar-refractivity contribution in [2.75, 3.05) is 19.7 Å². The Morgan fingerprint density at radius 1 is 1.46 bits per heavy atom. The first kappa shape index (κ1) is 18.3. The van der Waals surface area contributed by atoms with Crippen LogP contribution in [0.15, 0.2) is 12.1 Å². The van der Waals surface area contributed by atoms with Gasteiger partial charge in [-0.1, -0.05) is 11.6 Å². The van der Waals surface area contributed by atoms with E-state index in [2.05, 4.69) is 10.6 Å². The van der Waals surface area contributed by atoms with Crippen molar-refractivity contribution < 1.29 is 24.2 Å². The number of carbonyl (C=O) groups is 3. The van der Waals surface area contributed by atoms with E-state index in [1.54, 1.807) is 19.1 Å². The van der Waals surface area contributed by atoms with Crippen molar-refractivity contribution >= 4 is 41.0 Å². The van der Waals surface area contributed by atoms with Crippen LogP contribution in [0, 0.1) is 0 Å². The number of carboxylic acid groups (broad SMARTS) is 1. The molecule has 2 atom stereocenters. The molecule has 0 unspecified atom stereocenters. The lowest BCUT2D eigenvalue weighted by atomic mass is 10.2. The van der Waals surface area contributed by atoms with Crippen LogP contribution in [-0.2, 0) is 4.74 Å². The Bertz CT molecular complexity index is 623. The molecule has 2 rings (SSSR count). The molecule has 0 radical (unpaired) electrons. The van der Waals surface area contributed by atoms with Gasteiger partial charge >= 0.3 is 12.2 Å². The summed E-state index contributed by atoms with van der Waals surface area (Å²) in [6.07, 6.45) is -1.34. The van der Waals surface area contributed by atoms with Gasteiger partial charge < -0.3 is 20.5 Å². The summed E-state index contributed by atoms with van der Waals surface area (Å²) in [7, 11) is 0. The van der Waals surface area contributed by atoms with Crippen molar-refractivity contribution in [1.82, 2.24) is 15.5 Å². The summed E-state index contributed by atoms with van der Waals surface area (Å²) in [6.45, 7) is 2.26. The van der Waals surface area contributed by atoms with Gasteiger partial charge in [0.25, 0.3) is 5.91 Å². The Morgan fingerprint density at radius 2 is 2.21 bits per heavy atom. The molecule has 3 amide bonds. The molecule has 1 aliphatic heterocycles. The number of likely N-dealkylation sites (tertiary alicyclic amines) is 1. The minimum atomic E-state index is -1.12. The molecule has 1 fully saturated rings. The van der Waals surface area contributed by atoms with Crippen LogP contribution in [0.2, 0.25) is 4.34 Å². The van der Waals surface area contributed by atoms with Crippen LogP contribution >= 0.6 is 22.9 Å². The molecule has 0 bridgehead atoms. The number of amides is 3. The van der Waals surface area contributed by atoms with Gasteiger partial charge in [0.05, 0.1) is 15.3 Å². The zero-order valence-electron chi connectivity index (χ0n) is 13.0. The molecule has 1 aliphatic rings. The summed E-state index contributed by atoms with van der Waals surface area (Å²) in [5.41, 5.74) is 0. The maximum atomic E-state index is 12.1. The number of nitrogens with one attached hydrogen (secondary N) is 2. The average molecular weight is 376 g/mol. The van der Waals surface area contributed by atoms with Gasteiger partial charge in [-0.05, 0) is 25.5 Å². The highest BCUT2D eigenvalue weighted by molar-refractivity contribution is 7.18. The van der Waals surface area contributed by atoms with Crippen LogP contribution in [0.25, 0.3) is 0 Å². The summed E-state index contributed by atoms with van der Waals surface area (Å²) in [4.78, 5) is 36.4. The SMILES string of the molecule is CCNC(=O)OC[C@@H]1C[C@@H](NC(=O)c2ccc(Cl)s2)CN1C(=O)O. The zero-order chi connectivity index (χ0) is 17.7. The third-order valence-electron chi connectivity index (χ3n) is 3.52. The maximum absolute atomic E-state index is 12.1. The number of rotatable bonds is 5. The van der Waals surface area contributed by atoms with Gasteiger partial charge in [-0.3, -0.25) is 9.69 Å². The highest BCUT2D eigenvalue weighted by atomic mass is 35.5. The molecule has 0 aromatic carbocycles. The molecule has 1 aromatic heterocycles. The lowest BCUT2D eigenvalue weighted by Crippen LogP contribution is -2.40. The van der Waals surface area contributed by atoms with Crippen molar-refractivity contribution in [3.63, 3.8) is 0 Å². The van der Waals surface area contributed by atoms with E-state index in [9.17, 15) is 19.5 Å². The van der Waals surface area contributed by atoms with E-state index >= 15 is 0 Å². The van der Waals surface area contributed by atoms with E-state index < -0.39 is 18.2 Å². The van der Waals surface area contributed by atoms with Gasteiger partial charge in [-0.25, -0.2) is 9.59 Å². The van der Waals surface area contributed by atoms with Gasteiger partial charge in [0.1, 0.15) is 6.61 Å². The van der Waals surface area contributed by atoms with Gasteiger partial charge in [0.15, 0.2) is 0 Å². The van der Waals surface area contributed by atoms with Gasteiger partial charge in [-0.15, -0.1) is 11.3 Å². The van der Waals surface area contributed by atoms with Gasteiger partial charge in [0, 0.05) is 19.1 Å². The largest absolute Gasteiger partial charge is 0.465 e. The summed E-state index contributed by atoms with van der Waals surface area (Å²) in [5.74, 6) is -0.299. The molecule has 0 spiro atoms. The van der Waals surface area contributed by atoms with E-state index in [-0.39, 0.29) is 25.1 Å². The lowest BCUT2D eigenvalue weighted by molar-refractivity contribution is 0.0937. The van der Waals surface area contributed by atoms with Gasteiger partial charge in [-0.2, -0.15) is 0 Å². The van der Waals surface area contributed by atoms with Crippen LogP contribution in [0.5, 0.6) is 0 Å². The first-order chi connectivity index (χ1) is 11.4. The van der Waals surface area contributed by atoms with E-state index in [1.165, 1.54) is 4.90 Å². The molecule has 0 saturated carbocycles. The smallest absolute Gasteiger partial charge is 0.407 e. The van der Waals surface area contributed by atoms with E-state index in [4.69, 9.17) is 16.3 Å². The van der Waals surface area contributed by atoms with Crippen LogP contribution in [0.4, 0.5) is 9.59 Å².